The SMILES string of the molecule is O=[N+]([O-])c1ccc(CCOc2c(F)cccc2CBr)cc1. The lowest BCUT2D eigenvalue weighted by molar-refractivity contribution is -0.384. The standard InChI is InChI=1S/C15H13BrFNO3/c16-10-12-2-1-3-14(17)15(12)21-9-8-11-4-6-13(7-5-11)18(19)20/h1-7H,8-10H2. The maximum atomic E-state index is 13.7. The van der Waals surface area contributed by atoms with Gasteiger partial charge in [0.05, 0.1) is 11.5 Å². The van der Waals surface area contributed by atoms with Gasteiger partial charge in [0.25, 0.3) is 5.69 Å². The Bertz CT molecular complexity index is 631. The molecule has 110 valence electrons. The summed E-state index contributed by atoms with van der Waals surface area (Å²) in [7, 11) is 0. The van der Waals surface area contributed by atoms with Crippen molar-refractivity contribution in [2.45, 2.75) is 11.8 Å². The molecule has 0 amide bonds. The average Bonchev–Trinajstić information content (AvgIpc) is 2.49. The summed E-state index contributed by atoms with van der Waals surface area (Å²) in [5.41, 5.74) is 1.70. The molecule has 0 saturated carbocycles. The lowest BCUT2D eigenvalue weighted by Gasteiger charge is -2.11. The van der Waals surface area contributed by atoms with Crippen molar-refractivity contribution in [3.63, 3.8) is 0 Å². The predicted molar refractivity (Wildman–Crippen MR) is 81.3 cm³/mol. The fourth-order valence-electron chi connectivity index (χ4n) is 1.88. The van der Waals surface area contributed by atoms with Gasteiger partial charge in [-0.25, -0.2) is 4.39 Å². The number of alkyl halides is 1. The highest BCUT2D eigenvalue weighted by Gasteiger charge is 2.09. The zero-order valence-electron chi connectivity index (χ0n) is 11.1. The minimum absolute atomic E-state index is 0.0512. The van der Waals surface area contributed by atoms with Gasteiger partial charge >= 0.3 is 0 Å². The molecule has 0 saturated heterocycles. The van der Waals surface area contributed by atoms with E-state index in [1.54, 1.807) is 24.3 Å². The number of halogens is 2. The Labute approximate surface area is 129 Å². The summed E-state index contributed by atoms with van der Waals surface area (Å²) in [6.45, 7) is 0.304. The summed E-state index contributed by atoms with van der Waals surface area (Å²) < 4.78 is 19.2. The Morgan fingerprint density at radius 3 is 2.52 bits per heavy atom. The molecule has 4 nitrogen and oxygen atoms in total. The molecule has 0 aliphatic rings. The number of benzene rings is 2. The molecule has 6 heteroatoms. The summed E-state index contributed by atoms with van der Waals surface area (Å²) >= 11 is 3.29. The first-order valence-corrected chi connectivity index (χ1v) is 7.43. The van der Waals surface area contributed by atoms with E-state index in [9.17, 15) is 14.5 Å². The van der Waals surface area contributed by atoms with E-state index >= 15 is 0 Å². The van der Waals surface area contributed by atoms with Crippen LogP contribution in [0.5, 0.6) is 5.75 Å². The lowest BCUT2D eigenvalue weighted by Crippen LogP contribution is -2.04. The van der Waals surface area contributed by atoms with E-state index in [-0.39, 0.29) is 11.4 Å². The molecule has 21 heavy (non-hydrogen) atoms. The van der Waals surface area contributed by atoms with Gasteiger partial charge in [-0.2, -0.15) is 0 Å². The topological polar surface area (TPSA) is 52.4 Å². The van der Waals surface area contributed by atoms with Crippen molar-refractivity contribution in [2.75, 3.05) is 6.61 Å². The van der Waals surface area contributed by atoms with Crippen molar-refractivity contribution in [3.05, 3.63) is 69.5 Å². The second-order valence-corrected chi connectivity index (χ2v) is 4.94. The number of hydrogen-bond acceptors (Lipinski definition) is 3. The molecule has 0 unspecified atom stereocenters. The van der Waals surface area contributed by atoms with Crippen LogP contribution in [0.15, 0.2) is 42.5 Å². The summed E-state index contributed by atoms with van der Waals surface area (Å²) in [6.07, 6.45) is 0.550. The first kappa shape index (κ1) is 15.4. The van der Waals surface area contributed by atoms with Crippen molar-refractivity contribution in [2.24, 2.45) is 0 Å². The van der Waals surface area contributed by atoms with E-state index in [2.05, 4.69) is 15.9 Å². The van der Waals surface area contributed by atoms with Crippen LogP contribution in [-0.2, 0) is 11.8 Å². The molecule has 0 aliphatic carbocycles. The molecular weight excluding hydrogens is 341 g/mol. The summed E-state index contributed by atoms with van der Waals surface area (Å²) in [6, 6.07) is 11.0. The largest absolute Gasteiger partial charge is 0.490 e. The maximum Gasteiger partial charge on any atom is 0.269 e. The van der Waals surface area contributed by atoms with Crippen LogP contribution in [-0.4, -0.2) is 11.5 Å². The molecule has 0 aromatic heterocycles. The van der Waals surface area contributed by atoms with Crippen LogP contribution in [0.25, 0.3) is 0 Å². The highest BCUT2D eigenvalue weighted by Crippen LogP contribution is 2.25. The Kier molecular flexibility index (Phi) is 5.27. The van der Waals surface area contributed by atoms with E-state index in [1.807, 2.05) is 0 Å². The molecular formula is C15H13BrFNO3. The quantitative estimate of drug-likeness (QED) is 0.443. The van der Waals surface area contributed by atoms with Gasteiger partial charge in [-0.3, -0.25) is 10.1 Å². The zero-order chi connectivity index (χ0) is 15.2. The fourth-order valence-corrected chi connectivity index (χ4v) is 2.32. The number of non-ortho nitro benzene ring substituents is 1. The molecule has 2 aromatic carbocycles. The van der Waals surface area contributed by atoms with E-state index in [1.165, 1.54) is 18.2 Å². The van der Waals surface area contributed by atoms with E-state index in [0.717, 1.165) is 11.1 Å². The lowest BCUT2D eigenvalue weighted by atomic mass is 10.1. The Morgan fingerprint density at radius 2 is 1.90 bits per heavy atom. The molecule has 2 rings (SSSR count). The van der Waals surface area contributed by atoms with Crippen LogP contribution in [0.1, 0.15) is 11.1 Å². The number of nitro groups is 1. The minimum atomic E-state index is -0.443. The number of para-hydroxylation sites is 1. The zero-order valence-corrected chi connectivity index (χ0v) is 12.7. The monoisotopic (exact) mass is 353 g/mol. The number of hydrogen-bond donors (Lipinski definition) is 0. The molecule has 0 spiro atoms. The third kappa shape index (κ3) is 4.01. The molecule has 0 heterocycles. The van der Waals surface area contributed by atoms with Gasteiger partial charge in [0.2, 0.25) is 0 Å². The first-order valence-electron chi connectivity index (χ1n) is 6.31. The van der Waals surface area contributed by atoms with Crippen LogP contribution < -0.4 is 4.74 Å². The third-order valence-electron chi connectivity index (χ3n) is 2.98. The van der Waals surface area contributed by atoms with Gasteiger partial charge in [-0.1, -0.05) is 40.2 Å². The number of ether oxygens (including phenoxy) is 1. The van der Waals surface area contributed by atoms with Crippen molar-refractivity contribution < 1.29 is 14.1 Å². The fraction of sp³-hybridized carbons (Fsp3) is 0.200. The van der Waals surface area contributed by atoms with E-state index < -0.39 is 10.7 Å². The molecule has 0 N–H and O–H groups in total. The van der Waals surface area contributed by atoms with Gasteiger partial charge in [0, 0.05) is 29.4 Å². The van der Waals surface area contributed by atoms with Gasteiger partial charge < -0.3 is 4.74 Å². The Hall–Kier alpha value is -1.95. The average molecular weight is 354 g/mol. The minimum Gasteiger partial charge on any atom is -0.490 e. The molecule has 0 atom stereocenters. The molecule has 0 radical (unpaired) electrons. The molecule has 0 aliphatic heterocycles. The van der Waals surface area contributed by atoms with E-state index in [0.29, 0.717) is 18.4 Å². The van der Waals surface area contributed by atoms with Crippen LogP contribution in [0.2, 0.25) is 0 Å². The second kappa shape index (κ2) is 7.17. The second-order valence-electron chi connectivity index (χ2n) is 4.38. The molecule has 0 bridgehead atoms. The predicted octanol–water partition coefficient (Wildman–Crippen LogP) is 4.25. The maximum absolute atomic E-state index is 13.7. The van der Waals surface area contributed by atoms with Crippen LogP contribution >= 0.6 is 15.9 Å². The van der Waals surface area contributed by atoms with Gasteiger partial charge in [0.1, 0.15) is 0 Å². The smallest absolute Gasteiger partial charge is 0.269 e. The first-order chi connectivity index (χ1) is 10.1. The molecule has 2 aromatic rings. The van der Waals surface area contributed by atoms with Crippen molar-refractivity contribution in [3.8, 4) is 5.75 Å². The van der Waals surface area contributed by atoms with Gasteiger partial charge in [0.15, 0.2) is 11.6 Å². The van der Waals surface area contributed by atoms with Crippen molar-refractivity contribution in [1.82, 2.24) is 0 Å². The highest BCUT2D eigenvalue weighted by atomic mass is 79.9. The summed E-state index contributed by atoms with van der Waals surface area (Å²) in [4.78, 5) is 10.1. The van der Waals surface area contributed by atoms with Gasteiger partial charge in [-0.15, -0.1) is 0 Å². The number of rotatable bonds is 6. The normalized spacial score (nSPS) is 10.4. The van der Waals surface area contributed by atoms with E-state index in [4.69, 9.17) is 4.74 Å². The Balaban J connectivity index is 1.97. The Morgan fingerprint density at radius 1 is 1.19 bits per heavy atom. The van der Waals surface area contributed by atoms with Gasteiger partial charge in [-0.05, 0) is 11.6 Å². The summed E-state index contributed by atoms with van der Waals surface area (Å²) in [5, 5.41) is 11.1. The van der Waals surface area contributed by atoms with Crippen LogP contribution in [0, 0.1) is 15.9 Å². The number of nitrogens with zero attached hydrogens (tertiary/aromatic N) is 1. The molecule has 0 fully saturated rings. The van der Waals surface area contributed by atoms with Crippen molar-refractivity contribution in [1.29, 1.82) is 0 Å². The van der Waals surface area contributed by atoms with Crippen molar-refractivity contribution >= 4 is 21.6 Å². The third-order valence-corrected chi connectivity index (χ3v) is 3.58. The number of nitro benzene ring substituents is 1. The van der Waals surface area contributed by atoms with Crippen LogP contribution in [0.4, 0.5) is 10.1 Å². The highest BCUT2D eigenvalue weighted by molar-refractivity contribution is 9.08. The van der Waals surface area contributed by atoms with Crippen LogP contribution in [0.3, 0.4) is 0 Å². The summed E-state index contributed by atoms with van der Waals surface area (Å²) in [5.74, 6) is -0.146.